The maximum Gasteiger partial charge on any atom is 0.319 e. The number of urea groups is 1. The Morgan fingerprint density at radius 3 is 2.36 bits per heavy atom. The molecular formula is C18H19Cl2N3O2. The minimum atomic E-state index is -0.286. The van der Waals surface area contributed by atoms with Crippen molar-refractivity contribution in [1.29, 1.82) is 0 Å². The number of nitrogens with one attached hydrogen (secondary N) is 3. The molecule has 3 amide bonds. The fraction of sp³-hybridized carbons (Fsp3) is 0.222. The van der Waals surface area contributed by atoms with E-state index < -0.39 is 0 Å². The molecule has 0 saturated heterocycles. The van der Waals surface area contributed by atoms with Crippen LogP contribution in [0.2, 0.25) is 10.0 Å². The second kappa shape index (κ2) is 8.74. The average molecular weight is 380 g/mol. The van der Waals surface area contributed by atoms with E-state index in [1.807, 2.05) is 13.8 Å². The van der Waals surface area contributed by atoms with Crippen LogP contribution < -0.4 is 16.0 Å². The molecule has 0 heterocycles. The summed E-state index contributed by atoms with van der Waals surface area (Å²) in [6.45, 7) is 4.22. The van der Waals surface area contributed by atoms with Crippen LogP contribution in [0.25, 0.3) is 0 Å². The third-order valence-corrected chi connectivity index (χ3v) is 4.08. The van der Waals surface area contributed by atoms with Crippen molar-refractivity contribution in [2.75, 3.05) is 11.9 Å². The minimum Gasteiger partial charge on any atom is -0.345 e. The maximum absolute atomic E-state index is 12.4. The van der Waals surface area contributed by atoms with E-state index in [2.05, 4.69) is 16.0 Å². The predicted octanol–water partition coefficient (Wildman–Crippen LogP) is 4.63. The number of carbonyl (C=O) groups is 2. The molecule has 3 N–H and O–H groups in total. The Bertz CT molecular complexity index is 763. The molecule has 0 fully saturated rings. The number of benzene rings is 2. The second-order valence-corrected chi connectivity index (χ2v) is 6.27. The van der Waals surface area contributed by atoms with Crippen LogP contribution in [0.4, 0.5) is 10.5 Å². The third kappa shape index (κ3) is 5.37. The van der Waals surface area contributed by atoms with Crippen molar-refractivity contribution in [1.82, 2.24) is 10.6 Å². The van der Waals surface area contributed by atoms with E-state index in [1.165, 1.54) is 0 Å². The van der Waals surface area contributed by atoms with Gasteiger partial charge in [0, 0.05) is 27.8 Å². The standard InChI is InChI=1S/C18H19Cl2N3O2/c1-3-21-18(25)23-14-7-4-12(5-8-14)17(24)22-11(2)15-9-6-13(19)10-16(15)20/h4-11H,3H2,1-2H3,(H,22,24)(H2,21,23,25). The van der Waals surface area contributed by atoms with Gasteiger partial charge >= 0.3 is 6.03 Å². The van der Waals surface area contributed by atoms with Crippen molar-refractivity contribution in [3.8, 4) is 0 Å². The van der Waals surface area contributed by atoms with Crippen molar-refractivity contribution >= 4 is 40.8 Å². The molecule has 0 bridgehead atoms. The molecule has 7 heteroatoms. The summed E-state index contributed by atoms with van der Waals surface area (Å²) in [7, 11) is 0. The number of anilines is 1. The maximum atomic E-state index is 12.4. The van der Waals surface area contributed by atoms with Gasteiger partial charge in [0.15, 0.2) is 0 Å². The van der Waals surface area contributed by atoms with Gasteiger partial charge in [-0.2, -0.15) is 0 Å². The quantitative estimate of drug-likeness (QED) is 0.708. The lowest BCUT2D eigenvalue weighted by Gasteiger charge is -2.16. The highest BCUT2D eigenvalue weighted by Crippen LogP contribution is 2.26. The van der Waals surface area contributed by atoms with Crippen LogP contribution in [0.3, 0.4) is 0 Å². The number of carbonyl (C=O) groups excluding carboxylic acids is 2. The zero-order valence-corrected chi connectivity index (χ0v) is 15.4. The zero-order chi connectivity index (χ0) is 18.4. The summed E-state index contributed by atoms with van der Waals surface area (Å²) in [4.78, 5) is 23.8. The highest BCUT2D eigenvalue weighted by molar-refractivity contribution is 6.35. The van der Waals surface area contributed by atoms with Crippen molar-refractivity contribution in [2.45, 2.75) is 19.9 Å². The number of amides is 3. The monoisotopic (exact) mass is 379 g/mol. The molecule has 0 spiro atoms. The molecule has 1 atom stereocenters. The van der Waals surface area contributed by atoms with Gasteiger partial charge in [0.05, 0.1) is 6.04 Å². The summed E-state index contributed by atoms with van der Waals surface area (Å²) in [5.74, 6) is -0.233. The summed E-state index contributed by atoms with van der Waals surface area (Å²) >= 11 is 12.1. The van der Waals surface area contributed by atoms with Crippen LogP contribution in [0.15, 0.2) is 42.5 Å². The van der Waals surface area contributed by atoms with E-state index in [9.17, 15) is 9.59 Å². The summed E-state index contributed by atoms with van der Waals surface area (Å²) in [5.41, 5.74) is 1.88. The lowest BCUT2D eigenvalue weighted by atomic mass is 10.1. The largest absolute Gasteiger partial charge is 0.345 e. The van der Waals surface area contributed by atoms with Crippen molar-refractivity contribution in [3.05, 3.63) is 63.6 Å². The molecule has 0 aliphatic rings. The number of hydrogen-bond acceptors (Lipinski definition) is 2. The second-order valence-electron chi connectivity index (χ2n) is 5.42. The Balaban J connectivity index is 2.01. The number of halogens is 2. The molecule has 2 aromatic rings. The van der Waals surface area contributed by atoms with Crippen molar-refractivity contribution in [3.63, 3.8) is 0 Å². The van der Waals surface area contributed by atoms with Crippen LogP contribution in [-0.4, -0.2) is 18.5 Å². The van der Waals surface area contributed by atoms with Gasteiger partial charge < -0.3 is 16.0 Å². The molecule has 5 nitrogen and oxygen atoms in total. The zero-order valence-electron chi connectivity index (χ0n) is 13.9. The molecular weight excluding hydrogens is 361 g/mol. The molecule has 132 valence electrons. The van der Waals surface area contributed by atoms with Gasteiger partial charge in [-0.1, -0.05) is 29.3 Å². The van der Waals surface area contributed by atoms with Crippen molar-refractivity contribution in [2.24, 2.45) is 0 Å². The lowest BCUT2D eigenvalue weighted by Crippen LogP contribution is -2.28. The van der Waals surface area contributed by atoms with E-state index in [4.69, 9.17) is 23.2 Å². The van der Waals surface area contributed by atoms with Gasteiger partial charge in [-0.05, 0) is 55.8 Å². The summed E-state index contributed by atoms with van der Waals surface area (Å²) in [5, 5.41) is 9.24. The Hall–Kier alpha value is -2.24. The first-order chi connectivity index (χ1) is 11.9. The molecule has 0 radical (unpaired) electrons. The van der Waals surface area contributed by atoms with Crippen LogP contribution in [0.5, 0.6) is 0 Å². The normalized spacial score (nSPS) is 11.5. The van der Waals surface area contributed by atoms with Gasteiger partial charge in [0.1, 0.15) is 0 Å². The van der Waals surface area contributed by atoms with E-state index in [-0.39, 0.29) is 18.0 Å². The lowest BCUT2D eigenvalue weighted by molar-refractivity contribution is 0.0940. The molecule has 0 aromatic heterocycles. The fourth-order valence-electron chi connectivity index (χ4n) is 2.25. The Labute approximate surface area is 156 Å². The Kier molecular flexibility index (Phi) is 6.67. The molecule has 0 saturated carbocycles. The molecule has 1 unspecified atom stereocenters. The van der Waals surface area contributed by atoms with Crippen molar-refractivity contribution < 1.29 is 9.59 Å². The SMILES string of the molecule is CCNC(=O)Nc1ccc(C(=O)NC(C)c2ccc(Cl)cc2Cl)cc1. The van der Waals surface area contributed by atoms with Gasteiger partial charge in [-0.3, -0.25) is 4.79 Å². The third-order valence-electron chi connectivity index (χ3n) is 3.52. The first-order valence-electron chi connectivity index (χ1n) is 7.81. The fourth-order valence-corrected chi connectivity index (χ4v) is 2.82. The van der Waals surface area contributed by atoms with Gasteiger partial charge in [-0.15, -0.1) is 0 Å². The topological polar surface area (TPSA) is 70.2 Å². The summed E-state index contributed by atoms with van der Waals surface area (Å²) in [6.07, 6.45) is 0. The van der Waals surface area contributed by atoms with Crippen LogP contribution in [0.1, 0.15) is 35.8 Å². The molecule has 0 aliphatic carbocycles. The van der Waals surface area contributed by atoms with Gasteiger partial charge in [-0.25, -0.2) is 4.79 Å². The Morgan fingerprint density at radius 1 is 1.08 bits per heavy atom. The van der Waals surface area contributed by atoms with Crippen LogP contribution >= 0.6 is 23.2 Å². The molecule has 2 aromatic carbocycles. The number of hydrogen-bond donors (Lipinski definition) is 3. The van der Waals surface area contributed by atoms with E-state index in [0.29, 0.717) is 27.8 Å². The molecule has 25 heavy (non-hydrogen) atoms. The van der Waals surface area contributed by atoms with Crippen LogP contribution in [-0.2, 0) is 0 Å². The minimum absolute atomic E-state index is 0.233. The van der Waals surface area contributed by atoms with E-state index >= 15 is 0 Å². The Morgan fingerprint density at radius 2 is 1.76 bits per heavy atom. The van der Waals surface area contributed by atoms with E-state index in [1.54, 1.807) is 42.5 Å². The summed E-state index contributed by atoms with van der Waals surface area (Å²) in [6, 6.07) is 11.2. The summed E-state index contributed by atoms with van der Waals surface area (Å²) < 4.78 is 0. The predicted molar refractivity (Wildman–Crippen MR) is 101 cm³/mol. The smallest absolute Gasteiger partial charge is 0.319 e. The molecule has 0 aliphatic heterocycles. The molecule has 2 rings (SSSR count). The van der Waals surface area contributed by atoms with Gasteiger partial charge in [0.25, 0.3) is 5.91 Å². The first kappa shape index (κ1) is 19.1. The average Bonchev–Trinajstić information content (AvgIpc) is 2.55. The van der Waals surface area contributed by atoms with E-state index in [0.717, 1.165) is 5.56 Å². The van der Waals surface area contributed by atoms with Gasteiger partial charge in [0.2, 0.25) is 0 Å². The number of rotatable bonds is 5. The first-order valence-corrected chi connectivity index (χ1v) is 8.57. The highest BCUT2D eigenvalue weighted by Gasteiger charge is 2.14. The van der Waals surface area contributed by atoms with Crippen LogP contribution in [0, 0.1) is 0 Å². The highest BCUT2D eigenvalue weighted by atomic mass is 35.5.